The Labute approximate surface area is 144 Å². The highest BCUT2D eigenvalue weighted by atomic mass is 16.2. The summed E-state index contributed by atoms with van der Waals surface area (Å²) in [7, 11) is 0. The number of aromatic amines is 1. The van der Waals surface area contributed by atoms with Gasteiger partial charge in [-0.1, -0.05) is 19.8 Å². The van der Waals surface area contributed by atoms with Crippen LogP contribution in [0.2, 0.25) is 0 Å². The van der Waals surface area contributed by atoms with E-state index >= 15 is 0 Å². The summed E-state index contributed by atoms with van der Waals surface area (Å²) in [4.78, 5) is 34.1. The van der Waals surface area contributed by atoms with E-state index in [1.807, 2.05) is 12.1 Å². The Hall–Kier alpha value is -3.03. The number of pyridine rings is 1. The van der Waals surface area contributed by atoms with E-state index in [0.717, 1.165) is 37.2 Å². The highest BCUT2D eigenvalue weighted by molar-refractivity contribution is 5.27. The number of aryl methyl sites for hydroxylation is 1. The SMILES string of the molecule is CCCCCc1nc(Cn2ccc(=O)[nH]c2=O)n(-c2cccnc2)n1. The summed E-state index contributed by atoms with van der Waals surface area (Å²) in [5.74, 6) is 1.36. The Bertz CT molecular complexity index is 942. The molecule has 0 radical (unpaired) electrons. The number of hydrogen-bond acceptors (Lipinski definition) is 5. The van der Waals surface area contributed by atoms with E-state index in [0.29, 0.717) is 5.82 Å². The molecule has 0 atom stereocenters. The number of unbranched alkanes of at least 4 members (excludes halogenated alkanes) is 2. The van der Waals surface area contributed by atoms with Gasteiger partial charge in [0.25, 0.3) is 5.56 Å². The molecule has 8 heteroatoms. The summed E-state index contributed by atoms with van der Waals surface area (Å²) in [6, 6.07) is 5.02. The lowest BCUT2D eigenvalue weighted by Gasteiger charge is -2.06. The van der Waals surface area contributed by atoms with Crippen molar-refractivity contribution in [3.8, 4) is 5.69 Å². The maximum absolute atomic E-state index is 11.9. The number of aromatic nitrogens is 6. The van der Waals surface area contributed by atoms with Crippen molar-refractivity contribution in [2.24, 2.45) is 0 Å². The summed E-state index contributed by atoms with van der Waals surface area (Å²) >= 11 is 0. The molecule has 3 aromatic rings. The molecule has 0 aliphatic heterocycles. The second kappa shape index (κ2) is 7.69. The molecule has 0 unspecified atom stereocenters. The van der Waals surface area contributed by atoms with Gasteiger partial charge in [0.05, 0.1) is 18.4 Å². The fourth-order valence-electron chi connectivity index (χ4n) is 2.54. The molecule has 25 heavy (non-hydrogen) atoms. The Balaban J connectivity index is 1.95. The normalized spacial score (nSPS) is 10.9. The lowest BCUT2D eigenvalue weighted by molar-refractivity contribution is 0.659. The average Bonchev–Trinajstić information content (AvgIpc) is 3.01. The average molecular weight is 340 g/mol. The van der Waals surface area contributed by atoms with Gasteiger partial charge in [-0.2, -0.15) is 5.10 Å². The zero-order valence-electron chi connectivity index (χ0n) is 14.1. The number of rotatable bonds is 7. The van der Waals surface area contributed by atoms with Crippen LogP contribution in [0.3, 0.4) is 0 Å². The van der Waals surface area contributed by atoms with Crippen molar-refractivity contribution in [3.63, 3.8) is 0 Å². The number of nitrogens with one attached hydrogen (secondary N) is 1. The molecule has 3 heterocycles. The molecule has 0 aliphatic rings. The second-order valence-electron chi connectivity index (χ2n) is 5.76. The molecule has 0 aliphatic carbocycles. The zero-order valence-corrected chi connectivity index (χ0v) is 14.1. The van der Waals surface area contributed by atoms with Gasteiger partial charge >= 0.3 is 5.69 Å². The standard InChI is InChI=1S/C17H20N6O2/c1-2-3-4-7-14-19-15(12-22-10-8-16(24)20-17(22)25)23(21-14)13-6-5-9-18-11-13/h5-6,8-11H,2-4,7,12H2,1H3,(H,20,24,25). The predicted molar refractivity (Wildman–Crippen MR) is 92.8 cm³/mol. The van der Waals surface area contributed by atoms with Gasteiger partial charge in [0.2, 0.25) is 0 Å². The smallest absolute Gasteiger partial charge is 0.293 e. The molecule has 1 N–H and O–H groups in total. The van der Waals surface area contributed by atoms with E-state index in [-0.39, 0.29) is 6.54 Å². The van der Waals surface area contributed by atoms with Crippen LogP contribution in [0.4, 0.5) is 0 Å². The lowest BCUT2D eigenvalue weighted by atomic mass is 10.2. The molecule has 130 valence electrons. The Morgan fingerprint density at radius 1 is 1.20 bits per heavy atom. The first kappa shape index (κ1) is 16.8. The molecular weight excluding hydrogens is 320 g/mol. The van der Waals surface area contributed by atoms with Crippen LogP contribution in [0.1, 0.15) is 37.8 Å². The lowest BCUT2D eigenvalue weighted by Crippen LogP contribution is -2.29. The van der Waals surface area contributed by atoms with Gasteiger partial charge in [0, 0.05) is 24.9 Å². The molecule has 0 amide bonds. The predicted octanol–water partition coefficient (Wildman–Crippen LogP) is 1.29. The first-order chi connectivity index (χ1) is 12.2. The largest absolute Gasteiger partial charge is 0.328 e. The number of H-pyrrole nitrogens is 1. The fourth-order valence-corrected chi connectivity index (χ4v) is 2.54. The second-order valence-corrected chi connectivity index (χ2v) is 5.76. The van der Waals surface area contributed by atoms with Gasteiger partial charge in [-0.05, 0) is 18.6 Å². The van der Waals surface area contributed by atoms with Gasteiger partial charge in [-0.3, -0.25) is 19.3 Å². The van der Waals surface area contributed by atoms with Crippen molar-refractivity contribution in [3.05, 3.63) is 69.3 Å². The molecule has 3 rings (SSSR count). The van der Waals surface area contributed by atoms with Crippen LogP contribution in [0.15, 0.2) is 46.4 Å². The van der Waals surface area contributed by atoms with Gasteiger partial charge in [-0.25, -0.2) is 14.5 Å². The molecule has 0 saturated carbocycles. The monoisotopic (exact) mass is 340 g/mol. The van der Waals surface area contributed by atoms with Crippen LogP contribution in [0.5, 0.6) is 0 Å². The van der Waals surface area contributed by atoms with Crippen molar-refractivity contribution in [2.75, 3.05) is 0 Å². The van der Waals surface area contributed by atoms with Crippen molar-refractivity contribution in [1.82, 2.24) is 29.3 Å². The molecule has 0 aromatic carbocycles. The van der Waals surface area contributed by atoms with E-state index in [2.05, 4.69) is 27.0 Å². The van der Waals surface area contributed by atoms with Gasteiger partial charge in [-0.15, -0.1) is 0 Å². The highest BCUT2D eigenvalue weighted by Gasteiger charge is 2.13. The topological polar surface area (TPSA) is 98.5 Å². The first-order valence-electron chi connectivity index (χ1n) is 8.32. The van der Waals surface area contributed by atoms with Crippen LogP contribution in [-0.4, -0.2) is 29.3 Å². The quantitative estimate of drug-likeness (QED) is 0.654. The van der Waals surface area contributed by atoms with Crippen LogP contribution in [0.25, 0.3) is 5.69 Å². The molecule has 0 spiro atoms. The van der Waals surface area contributed by atoms with Gasteiger partial charge in [0.1, 0.15) is 0 Å². The summed E-state index contributed by atoms with van der Waals surface area (Å²) < 4.78 is 3.10. The van der Waals surface area contributed by atoms with Crippen molar-refractivity contribution >= 4 is 0 Å². The van der Waals surface area contributed by atoms with E-state index in [4.69, 9.17) is 0 Å². The Morgan fingerprint density at radius 3 is 2.80 bits per heavy atom. The number of hydrogen-bond donors (Lipinski definition) is 1. The maximum atomic E-state index is 11.9. The summed E-state index contributed by atoms with van der Waals surface area (Å²) in [5.41, 5.74) is -0.111. The highest BCUT2D eigenvalue weighted by Crippen LogP contribution is 2.11. The van der Waals surface area contributed by atoms with Crippen LogP contribution >= 0.6 is 0 Å². The van der Waals surface area contributed by atoms with Crippen molar-refractivity contribution in [1.29, 1.82) is 0 Å². The third-order valence-electron chi connectivity index (χ3n) is 3.82. The van der Waals surface area contributed by atoms with Gasteiger partial charge in [0.15, 0.2) is 11.6 Å². The van der Waals surface area contributed by atoms with Crippen LogP contribution in [-0.2, 0) is 13.0 Å². The molecule has 3 aromatic heterocycles. The molecule has 0 fully saturated rings. The molecule has 0 saturated heterocycles. The molecule has 8 nitrogen and oxygen atoms in total. The summed E-state index contributed by atoms with van der Waals surface area (Å²) in [6.07, 6.45) is 8.90. The summed E-state index contributed by atoms with van der Waals surface area (Å²) in [6.45, 7) is 2.36. The Kier molecular flexibility index (Phi) is 5.17. The third kappa shape index (κ3) is 4.09. The fraction of sp³-hybridized carbons (Fsp3) is 0.353. The number of nitrogens with zero attached hydrogens (tertiary/aromatic N) is 5. The summed E-state index contributed by atoms with van der Waals surface area (Å²) in [5, 5.41) is 4.57. The van der Waals surface area contributed by atoms with E-state index in [1.165, 1.54) is 16.8 Å². The molecular formula is C17H20N6O2. The minimum absolute atomic E-state index is 0.214. The van der Waals surface area contributed by atoms with Crippen LogP contribution in [0, 0.1) is 0 Å². The van der Waals surface area contributed by atoms with Crippen molar-refractivity contribution in [2.45, 2.75) is 39.2 Å². The zero-order chi connectivity index (χ0) is 17.6. The van der Waals surface area contributed by atoms with E-state index < -0.39 is 11.2 Å². The molecule has 0 bridgehead atoms. The third-order valence-corrected chi connectivity index (χ3v) is 3.82. The maximum Gasteiger partial charge on any atom is 0.328 e. The Morgan fingerprint density at radius 2 is 2.08 bits per heavy atom. The minimum Gasteiger partial charge on any atom is -0.293 e. The van der Waals surface area contributed by atoms with E-state index in [9.17, 15) is 9.59 Å². The van der Waals surface area contributed by atoms with Crippen molar-refractivity contribution < 1.29 is 0 Å². The minimum atomic E-state index is -0.472. The van der Waals surface area contributed by atoms with E-state index in [1.54, 1.807) is 17.1 Å². The first-order valence-corrected chi connectivity index (χ1v) is 8.32. The van der Waals surface area contributed by atoms with Gasteiger partial charge < -0.3 is 0 Å². The van der Waals surface area contributed by atoms with Crippen LogP contribution < -0.4 is 11.2 Å².